The van der Waals surface area contributed by atoms with Gasteiger partial charge in [-0.1, -0.05) is 17.7 Å². The number of carbonyl (C=O) groups is 1. The summed E-state index contributed by atoms with van der Waals surface area (Å²) in [5.74, 6) is 0.369. The quantitative estimate of drug-likeness (QED) is 0.779. The third-order valence-corrected chi connectivity index (χ3v) is 4.26. The van der Waals surface area contributed by atoms with Crippen LogP contribution >= 0.6 is 11.6 Å². The second-order valence-electron chi connectivity index (χ2n) is 5.86. The molecule has 6 heteroatoms. The van der Waals surface area contributed by atoms with Gasteiger partial charge in [0.05, 0.1) is 10.7 Å². The van der Waals surface area contributed by atoms with E-state index in [1.807, 2.05) is 19.1 Å². The largest absolute Gasteiger partial charge is 0.396 e. The number of halogens is 1. The average Bonchev–Trinajstić information content (AvgIpc) is 2.50. The highest BCUT2D eigenvalue weighted by Gasteiger charge is 2.18. The maximum absolute atomic E-state index is 11.9. The zero-order valence-corrected chi connectivity index (χ0v) is 13.7. The molecular formula is C16H24ClN3O2. The summed E-state index contributed by atoms with van der Waals surface area (Å²) < 4.78 is 0. The smallest absolute Gasteiger partial charge is 0.319 e. The van der Waals surface area contributed by atoms with Crippen LogP contribution in [0.2, 0.25) is 5.02 Å². The van der Waals surface area contributed by atoms with Gasteiger partial charge in [0.25, 0.3) is 0 Å². The van der Waals surface area contributed by atoms with E-state index in [9.17, 15) is 9.90 Å². The molecule has 3 N–H and O–H groups in total. The number of hydrogen-bond donors (Lipinski definition) is 3. The number of likely N-dealkylation sites (tertiary alicyclic amines) is 1. The maximum Gasteiger partial charge on any atom is 0.319 e. The number of piperidine rings is 1. The molecule has 0 spiro atoms. The van der Waals surface area contributed by atoms with Gasteiger partial charge < -0.3 is 20.6 Å². The molecule has 122 valence electrons. The van der Waals surface area contributed by atoms with E-state index in [-0.39, 0.29) is 12.6 Å². The molecule has 0 radical (unpaired) electrons. The normalized spacial score (nSPS) is 19.0. The zero-order valence-electron chi connectivity index (χ0n) is 12.9. The van der Waals surface area contributed by atoms with Gasteiger partial charge in [0.1, 0.15) is 0 Å². The van der Waals surface area contributed by atoms with Crippen LogP contribution in [0, 0.1) is 12.8 Å². The highest BCUT2D eigenvalue weighted by Crippen LogP contribution is 2.22. The predicted octanol–water partition coefficient (Wildman–Crippen LogP) is 2.47. The first-order valence-electron chi connectivity index (χ1n) is 7.72. The zero-order chi connectivity index (χ0) is 15.9. The van der Waals surface area contributed by atoms with E-state index in [2.05, 4.69) is 15.5 Å². The Labute approximate surface area is 136 Å². The molecule has 2 rings (SSSR count). The molecule has 0 unspecified atom stereocenters. The fraction of sp³-hybridized carbons (Fsp3) is 0.562. The summed E-state index contributed by atoms with van der Waals surface area (Å²) in [5.41, 5.74) is 1.67. The predicted molar refractivity (Wildman–Crippen MR) is 89.5 cm³/mol. The molecule has 1 aromatic carbocycles. The van der Waals surface area contributed by atoms with Gasteiger partial charge in [-0.3, -0.25) is 0 Å². The summed E-state index contributed by atoms with van der Waals surface area (Å²) in [5, 5.41) is 15.3. The van der Waals surface area contributed by atoms with Crippen LogP contribution in [0.5, 0.6) is 0 Å². The average molecular weight is 326 g/mol. The highest BCUT2D eigenvalue weighted by atomic mass is 35.5. The first-order chi connectivity index (χ1) is 10.6. The molecular weight excluding hydrogens is 302 g/mol. The van der Waals surface area contributed by atoms with Gasteiger partial charge >= 0.3 is 6.03 Å². The second kappa shape index (κ2) is 8.36. The van der Waals surface area contributed by atoms with Crippen molar-refractivity contribution in [2.75, 3.05) is 38.1 Å². The van der Waals surface area contributed by atoms with Gasteiger partial charge in [-0.05, 0) is 49.9 Å². The topological polar surface area (TPSA) is 64.6 Å². The Bertz CT molecular complexity index is 510. The molecule has 22 heavy (non-hydrogen) atoms. The summed E-state index contributed by atoms with van der Waals surface area (Å²) in [7, 11) is 0. The number of carbonyl (C=O) groups excluding carboxylic acids is 1. The Hall–Kier alpha value is -1.30. The van der Waals surface area contributed by atoms with Crippen molar-refractivity contribution in [2.24, 2.45) is 5.92 Å². The van der Waals surface area contributed by atoms with E-state index in [4.69, 9.17) is 11.6 Å². The third-order valence-electron chi connectivity index (χ3n) is 3.95. The van der Waals surface area contributed by atoms with Gasteiger partial charge in [0, 0.05) is 26.2 Å². The van der Waals surface area contributed by atoms with Crippen LogP contribution in [-0.4, -0.2) is 48.8 Å². The number of aliphatic hydroxyl groups is 1. The summed E-state index contributed by atoms with van der Waals surface area (Å²) in [6.45, 7) is 5.51. The van der Waals surface area contributed by atoms with E-state index in [1.54, 1.807) is 6.07 Å². The van der Waals surface area contributed by atoms with Crippen LogP contribution in [0.4, 0.5) is 10.5 Å². The fourth-order valence-corrected chi connectivity index (χ4v) is 3.00. The van der Waals surface area contributed by atoms with Gasteiger partial charge in [0.2, 0.25) is 0 Å². The number of aryl methyl sites for hydroxylation is 1. The van der Waals surface area contributed by atoms with Crippen LogP contribution in [0.25, 0.3) is 0 Å². The van der Waals surface area contributed by atoms with Crippen molar-refractivity contribution in [1.29, 1.82) is 0 Å². The van der Waals surface area contributed by atoms with Gasteiger partial charge in [0.15, 0.2) is 0 Å². The molecule has 5 nitrogen and oxygen atoms in total. The number of amides is 2. The number of urea groups is 1. The van der Waals surface area contributed by atoms with E-state index >= 15 is 0 Å². The number of benzene rings is 1. The van der Waals surface area contributed by atoms with Gasteiger partial charge in [-0.25, -0.2) is 4.79 Å². The van der Waals surface area contributed by atoms with Crippen molar-refractivity contribution in [3.05, 3.63) is 28.8 Å². The Kier molecular flexibility index (Phi) is 6.49. The van der Waals surface area contributed by atoms with Crippen LogP contribution in [0.3, 0.4) is 0 Å². The summed E-state index contributed by atoms with van der Waals surface area (Å²) in [6, 6.07) is 5.28. The van der Waals surface area contributed by atoms with Gasteiger partial charge in [-0.15, -0.1) is 0 Å². The lowest BCUT2D eigenvalue weighted by Crippen LogP contribution is -2.42. The van der Waals surface area contributed by atoms with E-state index in [0.717, 1.165) is 38.0 Å². The second-order valence-corrected chi connectivity index (χ2v) is 6.26. The fourth-order valence-electron chi connectivity index (χ4n) is 2.72. The third kappa shape index (κ3) is 5.16. The lowest BCUT2D eigenvalue weighted by atomic mass is 9.99. The molecule has 1 aliphatic rings. The minimum atomic E-state index is -0.249. The molecule has 1 fully saturated rings. The Balaban J connectivity index is 1.71. The Morgan fingerprint density at radius 2 is 2.32 bits per heavy atom. The molecule has 0 bridgehead atoms. The molecule has 1 heterocycles. The summed E-state index contributed by atoms with van der Waals surface area (Å²) >= 11 is 6.09. The van der Waals surface area contributed by atoms with Crippen molar-refractivity contribution in [2.45, 2.75) is 19.8 Å². The maximum atomic E-state index is 11.9. The number of aliphatic hydroxyl groups excluding tert-OH is 1. The molecule has 2 amide bonds. The number of rotatable bonds is 5. The van der Waals surface area contributed by atoms with E-state index < -0.39 is 0 Å². The van der Waals surface area contributed by atoms with Crippen LogP contribution < -0.4 is 10.6 Å². The lowest BCUT2D eigenvalue weighted by molar-refractivity contribution is 0.121. The SMILES string of the molecule is Cc1ccc(NC(=O)NCCN2CCC[C@H](CO)C2)c(Cl)c1. The number of nitrogens with zero attached hydrogens (tertiary/aromatic N) is 1. The standard InChI is InChI=1S/C16H24ClN3O2/c1-12-4-5-15(14(17)9-12)19-16(22)18-6-8-20-7-2-3-13(10-20)11-21/h4-5,9,13,21H,2-3,6-8,10-11H2,1H3,(H2,18,19,22)/t13-/m0/s1. The van der Waals surface area contributed by atoms with Crippen molar-refractivity contribution in [1.82, 2.24) is 10.2 Å². The Morgan fingerprint density at radius 1 is 1.50 bits per heavy atom. The van der Waals surface area contributed by atoms with Crippen molar-refractivity contribution >= 4 is 23.3 Å². The highest BCUT2D eigenvalue weighted by molar-refractivity contribution is 6.33. The number of nitrogens with one attached hydrogen (secondary N) is 2. The molecule has 1 atom stereocenters. The van der Waals surface area contributed by atoms with Crippen molar-refractivity contribution < 1.29 is 9.90 Å². The molecule has 1 aliphatic heterocycles. The number of hydrogen-bond acceptors (Lipinski definition) is 3. The van der Waals surface area contributed by atoms with Gasteiger partial charge in [-0.2, -0.15) is 0 Å². The summed E-state index contributed by atoms with van der Waals surface area (Å²) in [6.07, 6.45) is 2.20. The van der Waals surface area contributed by atoms with Crippen LogP contribution in [0.1, 0.15) is 18.4 Å². The monoisotopic (exact) mass is 325 g/mol. The van der Waals surface area contributed by atoms with Crippen molar-refractivity contribution in [3.63, 3.8) is 0 Å². The minimum absolute atomic E-state index is 0.246. The first kappa shape index (κ1) is 17.1. The van der Waals surface area contributed by atoms with Crippen molar-refractivity contribution in [3.8, 4) is 0 Å². The lowest BCUT2D eigenvalue weighted by Gasteiger charge is -2.31. The minimum Gasteiger partial charge on any atom is -0.396 e. The molecule has 1 aromatic rings. The first-order valence-corrected chi connectivity index (χ1v) is 8.10. The van der Waals surface area contributed by atoms with Crippen LogP contribution in [0.15, 0.2) is 18.2 Å². The molecule has 0 aromatic heterocycles. The van der Waals surface area contributed by atoms with Crippen LogP contribution in [-0.2, 0) is 0 Å². The molecule has 1 saturated heterocycles. The summed E-state index contributed by atoms with van der Waals surface area (Å²) in [4.78, 5) is 14.2. The number of anilines is 1. The Morgan fingerprint density at radius 3 is 3.05 bits per heavy atom. The van der Waals surface area contributed by atoms with E-state index in [0.29, 0.717) is 23.2 Å². The molecule has 0 aliphatic carbocycles. The molecule has 0 saturated carbocycles. The van der Waals surface area contributed by atoms with E-state index in [1.165, 1.54) is 0 Å².